The summed E-state index contributed by atoms with van der Waals surface area (Å²) in [4.78, 5) is 15.5. The van der Waals surface area contributed by atoms with E-state index in [1.54, 1.807) is 7.11 Å². The predicted molar refractivity (Wildman–Crippen MR) is 145 cm³/mol. The quantitative estimate of drug-likeness (QED) is 0.344. The number of fused-ring (bicyclic) bond motifs is 5. The molecule has 1 saturated heterocycles. The normalized spacial score (nSPS) is 20.1. The lowest BCUT2D eigenvalue weighted by Gasteiger charge is -2.44. The number of methoxy groups -OCH3 is 1. The van der Waals surface area contributed by atoms with Crippen LogP contribution in [-0.4, -0.2) is 50.0 Å². The molecule has 1 fully saturated rings. The topological polar surface area (TPSA) is 48.0 Å². The highest BCUT2D eigenvalue weighted by atomic mass is 16.6. The van der Waals surface area contributed by atoms with Crippen molar-refractivity contribution >= 4 is 11.7 Å². The van der Waals surface area contributed by atoms with Gasteiger partial charge in [0.25, 0.3) is 0 Å². The summed E-state index contributed by atoms with van der Waals surface area (Å²) >= 11 is 0. The average molecular weight is 496 g/mol. The number of hydrogen-bond acceptors (Lipinski definition) is 4. The lowest BCUT2D eigenvalue weighted by atomic mass is 9.83. The van der Waals surface area contributed by atoms with Crippen LogP contribution in [0, 0.1) is 0 Å². The number of carbonyl (C=O) groups is 1. The van der Waals surface area contributed by atoms with Crippen molar-refractivity contribution < 1.29 is 19.0 Å². The third-order valence-corrected chi connectivity index (χ3v) is 7.97. The molecule has 2 heterocycles. The number of amides is 1. The minimum atomic E-state index is -0.186. The molecule has 0 N–H and O–H groups in total. The molecule has 3 aromatic rings. The number of piperidine rings is 1. The standard InChI is InChI=1S/C32H33NO4/c1-35-17-18-36-26-15-13-22(14-16-26)23-19-24-7-6-8-25(20-23)33(24)32(34)37-21-31-29-11-4-2-9-27(29)28-10-3-5-12-30(28)31/h2-5,9-16,19,24-25,31H,6-8,17-18,20-21H2,1H3. The van der Waals surface area contributed by atoms with E-state index in [2.05, 4.69) is 66.7 Å². The SMILES string of the molecule is COCCOc1ccc(C2=CC3CCCC(C2)N3C(=O)OCC2c3ccccc3-c3ccccc32)cc1. The number of ether oxygens (including phenoxy) is 3. The molecular weight excluding hydrogens is 462 g/mol. The number of nitrogens with zero attached hydrogens (tertiary/aromatic N) is 1. The highest BCUT2D eigenvalue weighted by Crippen LogP contribution is 2.45. The molecule has 190 valence electrons. The van der Waals surface area contributed by atoms with E-state index in [1.807, 2.05) is 17.0 Å². The second-order valence-corrected chi connectivity index (χ2v) is 10.1. The van der Waals surface area contributed by atoms with Crippen LogP contribution < -0.4 is 4.74 Å². The van der Waals surface area contributed by atoms with Crippen molar-refractivity contribution in [3.8, 4) is 16.9 Å². The number of benzene rings is 3. The first-order chi connectivity index (χ1) is 18.2. The van der Waals surface area contributed by atoms with Crippen LogP contribution in [0.1, 0.15) is 48.3 Å². The second-order valence-electron chi connectivity index (χ2n) is 10.1. The maximum atomic E-state index is 13.5. The van der Waals surface area contributed by atoms with Gasteiger partial charge in [-0.15, -0.1) is 0 Å². The first kappa shape index (κ1) is 23.8. The highest BCUT2D eigenvalue weighted by Gasteiger charge is 2.39. The van der Waals surface area contributed by atoms with Gasteiger partial charge in [-0.1, -0.05) is 66.7 Å². The Morgan fingerprint density at radius 1 is 0.892 bits per heavy atom. The van der Waals surface area contributed by atoms with Crippen molar-refractivity contribution in [3.63, 3.8) is 0 Å². The number of rotatable bonds is 7. The molecule has 3 aliphatic rings. The zero-order valence-electron chi connectivity index (χ0n) is 21.3. The molecule has 0 radical (unpaired) electrons. The molecule has 37 heavy (non-hydrogen) atoms. The van der Waals surface area contributed by atoms with Crippen molar-refractivity contribution in [1.82, 2.24) is 4.90 Å². The van der Waals surface area contributed by atoms with E-state index >= 15 is 0 Å². The van der Waals surface area contributed by atoms with E-state index in [0.717, 1.165) is 31.4 Å². The predicted octanol–water partition coefficient (Wildman–Crippen LogP) is 6.67. The van der Waals surface area contributed by atoms with Gasteiger partial charge in [-0.3, -0.25) is 4.90 Å². The van der Waals surface area contributed by atoms with Gasteiger partial charge in [-0.2, -0.15) is 0 Å². The Bertz CT molecular complexity index is 1250. The maximum absolute atomic E-state index is 13.5. The zero-order chi connectivity index (χ0) is 25.2. The van der Waals surface area contributed by atoms with E-state index in [0.29, 0.717) is 19.8 Å². The minimum Gasteiger partial charge on any atom is -0.491 e. The van der Waals surface area contributed by atoms with Crippen LogP contribution >= 0.6 is 0 Å². The minimum absolute atomic E-state index is 0.0794. The third kappa shape index (κ3) is 4.64. The summed E-state index contributed by atoms with van der Waals surface area (Å²) in [5.74, 6) is 0.925. The summed E-state index contributed by atoms with van der Waals surface area (Å²) in [5.41, 5.74) is 7.48. The molecule has 6 rings (SSSR count). The zero-order valence-corrected chi connectivity index (χ0v) is 21.3. The number of carbonyl (C=O) groups excluding carboxylic acids is 1. The monoisotopic (exact) mass is 495 g/mol. The fraction of sp³-hybridized carbons (Fsp3) is 0.344. The lowest BCUT2D eigenvalue weighted by Crippen LogP contribution is -2.51. The Morgan fingerprint density at radius 3 is 2.27 bits per heavy atom. The van der Waals surface area contributed by atoms with Crippen LogP contribution in [0.15, 0.2) is 78.9 Å². The van der Waals surface area contributed by atoms with Crippen molar-refractivity contribution in [1.29, 1.82) is 0 Å². The van der Waals surface area contributed by atoms with Crippen LogP contribution in [0.4, 0.5) is 4.79 Å². The average Bonchev–Trinajstić information content (AvgIpc) is 3.25. The van der Waals surface area contributed by atoms with Gasteiger partial charge >= 0.3 is 6.09 Å². The molecular formula is C32H33NO4. The Balaban J connectivity index is 1.15. The van der Waals surface area contributed by atoms with Gasteiger partial charge in [0, 0.05) is 19.1 Å². The van der Waals surface area contributed by atoms with Crippen LogP contribution in [0.3, 0.4) is 0 Å². The summed E-state index contributed by atoms with van der Waals surface area (Å²) in [6, 6.07) is 25.4. The molecule has 0 aromatic heterocycles. The van der Waals surface area contributed by atoms with Crippen molar-refractivity contribution in [2.24, 2.45) is 0 Å². The molecule has 5 heteroatoms. The summed E-state index contributed by atoms with van der Waals surface area (Å²) in [6.45, 7) is 1.48. The van der Waals surface area contributed by atoms with Crippen molar-refractivity contribution in [2.75, 3.05) is 26.9 Å². The lowest BCUT2D eigenvalue weighted by molar-refractivity contribution is 0.0539. The van der Waals surface area contributed by atoms with E-state index in [1.165, 1.54) is 33.4 Å². The fourth-order valence-corrected chi connectivity index (χ4v) is 6.20. The first-order valence-corrected chi connectivity index (χ1v) is 13.3. The maximum Gasteiger partial charge on any atom is 0.410 e. The highest BCUT2D eigenvalue weighted by molar-refractivity contribution is 5.79. The molecule has 2 atom stereocenters. The summed E-state index contributed by atoms with van der Waals surface area (Å²) in [5, 5.41) is 0. The smallest absolute Gasteiger partial charge is 0.410 e. The van der Waals surface area contributed by atoms with E-state index in [4.69, 9.17) is 14.2 Å². The Hall–Kier alpha value is -3.57. The first-order valence-electron chi connectivity index (χ1n) is 13.3. The Kier molecular flexibility index (Phi) is 6.71. The van der Waals surface area contributed by atoms with Gasteiger partial charge in [-0.05, 0) is 71.2 Å². The van der Waals surface area contributed by atoms with Crippen LogP contribution in [0.2, 0.25) is 0 Å². The van der Waals surface area contributed by atoms with Crippen LogP contribution in [0.25, 0.3) is 16.7 Å². The molecule has 0 saturated carbocycles. The van der Waals surface area contributed by atoms with Crippen LogP contribution in [-0.2, 0) is 9.47 Å². The van der Waals surface area contributed by atoms with Gasteiger partial charge in [-0.25, -0.2) is 4.79 Å². The van der Waals surface area contributed by atoms with E-state index in [-0.39, 0.29) is 24.1 Å². The third-order valence-electron chi connectivity index (χ3n) is 7.97. The van der Waals surface area contributed by atoms with Crippen molar-refractivity contribution in [2.45, 2.75) is 43.7 Å². The largest absolute Gasteiger partial charge is 0.491 e. The summed E-state index contributed by atoms with van der Waals surface area (Å²) in [6.07, 6.45) is 6.06. The van der Waals surface area contributed by atoms with Crippen LogP contribution in [0.5, 0.6) is 5.75 Å². The summed E-state index contributed by atoms with van der Waals surface area (Å²) < 4.78 is 16.8. The second kappa shape index (κ2) is 10.4. The molecule has 1 amide bonds. The molecule has 5 nitrogen and oxygen atoms in total. The molecule has 1 aliphatic carbocycles. The molecule has 0 spiro atoms. The van der Waals surface area contributed by atoms with Gasteiger partial charge < -0.3 is 14.2 Å². The van der Waals surface area contributed by atoms with E-state index in [9.17, 15) is 4.79 Å². The van der Waals surface area contributed by atoms with Gasteiger partial charge in [0.05, 0.1) is 12.6 Å². The molecule has 2 aliphatic heterocycles. The van der Waals surface area contributed by atoms with E-state index < -0.39 is 0 Å². The Morgan fingerprint density at radius 2 is 1.59 bits per heavy atom. The molecule has 2 bridgehead atoms. The summed E-state index contributed by atoms with van der Waals surface area (Å²) in [7, 11) is 1.67. The van der Waals surface area contributed by atoms with Crippen molar-refractivity contribution in [3.05, 3.63) is 95.6 Å². The Labute approximate surface area is 218 Å². The molecule has 3 aromatic carbocycles. The van der Waals surface area contributed by atoms with Gasteiger partial charge in [0.15, 0.2) is 0 Å². The van der Waals surface area contributed by atoms with Gasteiger partial charge in [0.1, 0.15) is 19.0 Å². The molecule has 2 unspecified atom stereocenters. The number of hydrogen-bond donors (Lipinski definition) is 0. The fourth-order valence-electron chi connectivity index (χ4n) is 6.20. The van der Waals surface area contributed by atoms with Gasteiger partial charge in [0.2, 0.25) is 0 Å².